The molecule has 1 aliphatic rings. The lowest BCUT2D eigenvalue weighted by molar-refractivity contribution is -0.140. The molecule has 0 aliphatic carbocycles. The van der Waals surface area contributed by atoms with Gasteiger partial charge in [-0.1, -0.05) is 38.5 Å². The molecule has 0 fully saturated rings. The van der Waals surface area contributed by atoms with Crippen LogP contribution in [-0.2, 0) is 22.6 Å². The minimum Gasteiger partial charge on any atom is -0.357 e. The Morgan fingerprint density at radius 1 is 0.974 bits per heavy atom. The molecule has 3 heterocycles. The Morgan fingerprint density at radius 2 is 1.67 bits per heavy atom. The molecule has 39 heavy (non-hydrogen) atoms. The first-order valence-electron chi connectivity index (χ1n) is 14.1. The van der Waals surface area contributed by atoms with Crippen LogP contribution in [-0.4, -0.2) is 61.9 Å². The third-order valence-electron chi connectivity index (χ3n) is 7.63. The summed E-state index contributed by atoms with van der Waals surface area (Å²) < 4.78 is 1.67. The Labute approximate surface area is 230 Å². The molecule has 0 saturated carbocycles. The van der Waals surface area contributed by atoms with Gasteiger partial charge in [0.2, 0.25) is 11.8 Å². The van der Waals surface area contributed by atoms with Crippen LogP contribution in [0.15, 0.2) is 24.5 Å². The first-order valence-corrected chi connectivity index (χ1v) is 14.1. The summed E-state index contributed by atoms with van der Waals surface area (Å²) in [6, 6.07) is 3.44. The number of ketones is 1. The van der Waals surface area contributed by atoms with Gasteiger partial charge < -0.3 is 10.2 Å². The molecule has 3 aromatic rings. The maximum atomic E-state index is 13.7. The van der Waals surface area contributed by atoms with Gasteiger partial charge in [0.25, 0.3) is 0 Å². The quantitative estimate of drug-likeness (QED) is 0.490. The summed E-state index contributed by atoms with van der Waals surface area (Å²) in [4.78, 5) is 49.6. The topological polar surface area (TPSA) is 110 Å². The van der Waals surface area contributed by atoms with Crippen molar-refractivity contribution in [3.8, 4) is 11.3 Å². The zero-order chi connectivity index (χ0) is 27.9. The summed E-state index contributed by atoms with van der Waals surface area (Å²) >= 11 is 0. The van der Waals surface area contributed by atoms with Gasteiger partial charge in [0.05, 0.1) is 23.1 Å². The molecule has 0 spiro atoms. The lowest BCUT2D eigenvalue weighted by atomic mass is 9.97. The van der Waals surface area contributed by atoms with Gasteiger partial charge in [-0.05, 0) is 50.8 Å². The number of Topliss-reactive ketones (excluding diaryl/α,β-unsaturated/α-hetero) is 1. The van der Waals surface area contributed by atoms with Crippen molar-refractivity contribution < 1.29 is 14.4 Å². The van der Waals surface area contributed by atoms with E-state index in [0.29, 0.717) is 12.2 Å². The smallest absolute Gasteiger partial charge is 0.245 e. The number of aromatic nitrogens is 4. The summed E-state index contributed by atoms with van der Waals surface area (Å²) in [6.45, 7) is 5.63. The molecular weight excluding hydrogens is 492 g/mol. The number of carbonyl (C=O) groups is 3. The van der Waals surface area contributed by atoms with Gasteiger partial charge in [0.1, 0.15) is 18.3 Å². The van der Waals surface area contributed by atoms with Crippen molar-refractivity contribution in [3.63, 3.8) is 0 Å². The third kappa shape index (κ3) is 6.69. The van der Waals surface area contributed by atoms with E-state index in [2.05, 4.69) is 26.4 Å². The van der Waals surface area contributed by atoms with Crippen molar-refractivity contribution in [3.05, 3.63) is 41.5 Å². The Hall–Kier alpha value is -3.62. The lowest BCUT2D eigenvalue weighted by Crippen LogP contribution is -2.48. The zero-order valence-corrected chi connectivity index (χ0v) is 23.6. The number of hydrogen-bond acceptors (Lipinski definition) is 6. The second-order valence-corrected chi connectivity index (χ2v) is 10.6. The van der Waals surface area contributed by atoms with Crippen LogP contribution in [0.4, 0.5) is 0 Å². The molecule has 2 amide bonds. The van der Waals surface area contributed by atoms with Crippen molar-refractivity contribution in [2.45, 2.75) is 91.1 Å². The predicted octanol–water partition coefficient (Wildman–Crippen LogP) is 4.64. The van der Waals surface area contributed by atoms with E-state index >= 15 is 0 Å². The molecular formula is C30H40N6O3. The van der Waals surface area contributed by atoms with E-state index in [-0.39, 0.29) is 24.1 Å². The fourth-order valence-electron chi connectivity index (χ4n) is 5.42. The Balaban J connectivity index is 1.82. The summed E-state index contributed by atoms with van der Waals surface area (Å²) in [5, 5.41) is 8.05. The SMILES string of the molecule is CNC(=O)[C@H](C)N1CCCCCCCCCCc2cc(-c3cnc(C)cn3)cc3c(C(C)=O)nn(c23)CC1=O. The van der Waals surface area contributed by atoms with Crippen LogP contribution in [0.5, 0.6) is 0 Å². The van der Waals surface area contributed by atoms with E-state index in [1.807, 2.05) is 13.0 Å². The van der Waals surface area contributed by atoms with E-state index in [9.17, 15) is 14.4 Å². The normalized spacial score (nSPS) is 16.7. The van der Waals surface area contributed by atoms with E-state index in [1.165, 1.54) is 26.2 Å². The number of nitrogens with one attached hydrogen (secondary N) is 1. The highest BCUT2D eigenvalue weighted by Gasteiger charge is 2.27. The maximum absolute atomic E-state index is 13.7. The van der Waals surface area contributed by atoms with Crippen molar-refractivity contribution in [1.82, 2.24) is 30.0 Å². The minimum atomic E-state index is -0.596. The summed E-state index contributed by atoms with van der Waals surface area (Å²) in [6.07, 6.45) is 13.0. The Kier molecular flexibility index (Phi) is 9.43. The highest BCUT2D eigenvalue weighted by atomic mass is 16.2. The van der Waals surface area contributed by atoms with E-state index in [0.717, 1.165) is 71.9 Å². The molecule has 1 aliphatic heterocycles. The number of amides is 2. The molecule has 1 aromatic carbocycles. The Morgan fingerprint density at radius 3 is 2.31 bits per heavy atom. The molecule has 1 atom stereocenters. The predicted molar refractivity (Wildman–Crippen MR) is 151 cm³/mol. The van der Waals surface area contributed by atoms with Crippen molar-refractivity contribution >= 4 is 28.5 Å². The summed E-state index contributed by atoms with van der Waals surface area (Å²) in [5.74, 6) is -0.542. The van der Waals surface area contributed by atoms with Crippen LogP contribution < -0.4 is 5.32 Å². The molecule has 0 bridgehead atoms. The number of aryl methyl sites for hydroxylation is 2. The van der Waals surface area contributed by atoms with Gasteiger partial charge in [0.15, 0.2) is 5.78 Å². The highest BCUT2D eigenvalue weighted by Crippen LogP contribution is 2.31. The zero-order valence-electron chi connectivity index (χ0n) is 23.6. The van der Waals surface area contributed by atoms with Crippen molar-refractivity contribution in [2.75, 3.05) is 13.6 Å². The van der Waals surface area contributed by atoms with Crippen LogP contribution in [0.25, 0.3) is 22.2 Å². The average molecular weight is 533 g/mol. The molecule has 9 heteroatoms. The molecule has 9 nitrogen and oxygen atoms in total. The average Bonchev–Trinajstić information content (AvgIpc) is 3.29. The van der Waals surface area contributed by atoms with E-state index < -0.39 is 6.04 Å². The maximum Gasteiger partial charge on any atom is 0.245 e. The van der Waals surface area contributed by atoms with Gasteiger partial charge in [0, 0.05) is 37.7 Å². The van der Waals surface area contributed by atoms with Crippen LogP contribution in [0.3, 0.4) is 0 Å². The van der Waals surface area contributed by atoms with Crippen LogP contribution in [0.1, 0.15) is 87.0 Å². The van der Waals surface area contributed by atoms with Gasteiger partial charge in [-0.3, -0.25) is 29.0 Å². The number of benzene rings is 1. The molecule has 1 N–H and O–H groups in total. The number of carbonyl (C=O) groups excluding carboxylic acids is 3. The fourth-order valence-corrected chi connectivity index (χ4v) is 5.42. The van der Waals surface area contributed by atoms with Crippen LogP contribution in [0.2, 0.25) is 0 Å². The van der Waals surface area contributed by atoms with E-state index in [4.69, 9.17) is 0 Å². The van der Waals surface area contributed by atoms with Gasteiger partial charge in [-0.2, -0.15) is 5.10 Å². The number of hydrogen-bond donors (Lipinski definition) is 1. The Bertz CT molecular complexity index is 1330. The standard InChI is InChI=1S/C30H40N6O3/c1-20-17-33-26(18-32-20)24-15-23-13-11-9-7-5-6-8-10-12-14-35(21(2)30(39)31-4)27(38)19-36-29(23)25(16-24)28(34-36)22(3)37/h15-18,21H,5-14,19H2,1-4H3,(H,31,39)/t21-/m0/s1. The summed E-state index contributed by atoms with van der Waals surface area (Å²) in [5.41, 5.74) is 4.62. The largest absolute Gasteiger partial charge is 0.357 e. The fraction of sp³-hybridized carbons (Fsp3) is 0.533. The first kappa shape index (κ1) is 28.4. The molecule has 208 valence electrons. The monoisotopic (exact) mass is 532 g/mol. The van der Waals surface area contributed by atoms with Crippen molar-refractivity contribution in [1.29, 1.82) is 0 Å². The van der Waals surface area contributed by atoms with Crippen LogP contribution >= 0.6 is 0 Å². The second kappa shape index (κ2) is 13.0. The van der Waals surface area contributed by atoms with Gasteiger partial charge in [-0.15, -0.1) is 0 Å². The minimum absolute atomic E-state index is 0.0399. The molecule has 2 aromatic heterocycles. The van der Waals surface area contributed by atoms with Gasteiger partial charge >= 0.3 is 0 Å². The molecule has 0 radical (unpaired) electrons. The first-order chi connectivity index (χ1) is 18.8. The molecule has 0 saturated heterocycles. The van der Waals surface area contributed by atoms with Crippen molar-refractivity contribution in [2.24, 2.45) is 0 Å². The lowest BCUT2D eigenvalue weighted by Gasteiger charge is -2.28. The number of nitrogens with zero attached hydrogens (tertiary/aromatic N) is 5. The van der Waals surface area contributed by atoms with E-state index in [1.54, 1.807) is 35.9 Å². The molecule has 4 rings (SSSR count). The molecule has 0 unspecified atom stereocenters. The highest BCUT2D eigenvalue weighted by molar-refractivity contribution is 6.07. The van der Waals surface area contributed by atoms with Crippen LogP contribution in [0, 0.1) is 6.92 Å². The number of likely N-dealkylation sites (N-methyl/N-ethyl adjacent to an activating group) is 1. The summed E-state index contributed by atoms with van der Waals surface area (Å²) in [7, 11) is 1.59. The van der Waals surface area contributed by atoms with Gasteiger partial charge in [-0.25, -0.2) is 0 Å². The number of rotatable bonds is 4. The second-order valence-electron chi connectivity index (χ2n) is 10.6. The third-order valence-corrected chi connectivity index (χ3v) is 7.63.